The number of phenolic OH excluding ortho intramolecular Hbond substituents is 1. The summed E-state index contributed by atoms with van der Waals surface area (Å²) in [5.41, 5.74) is 3.18. The van der Waals surface area contributed by atoms with Crippen molar-refractivity contribution in [3.63, 3.8) is 0 Å². The third-order valence-corrected chi connectivity index (χ3v) is 5.05. The molecular weight excluding hydrogens is 360 g/mol. The van der Waals surface area contributed by atoms with Crippen LogP contribution in [0, 0.1) is 0 Å². The Bertz CT molecular complexity index is 550. The van der Waals surface area contributed by atoms with Crippen LogP contribution in [0.5, 0.6) is 5.75 Å². The molecule has 2 rings (SSSR count). The summed E-state index contributed by atoms with van der Waals surface area (Å²) in [7, 11) is 0. The van der Waals surface area contributed by atoms with Gasteiger partial charge in [-0.15, -0.1) is 12.4 Å². The second kappa shape index (κ2) is 10.1. The zero-order chi connectivity index (χ0) is 19.4. The maximum absolute atomic E-state index is 10.8. The summed E-state index contributed by atoms with van der Waals surface area (Å²) in [6, 6.07) is 4.33. The topological polar surface area (TPSA) is 44.7 Å². The lowest BCUT2D eigenvalue weighted by Crippen LogP contribution is -2.37. The predicted molar refractivity (Wildman–Crippen MR) is 116 cm³/mol. The molecule has 156 valence electrons. The second-order valence-corrected chi connectivity index (χ2v) is 9.52. The van der Waals surface area contributed by atoms with Gasteiger partial charge in [0.1, 0.15) is 5.75 Å². The van der Waals surface area contributed by atoms with E-state index in [0.717, 1.165) is 63.5 Å². The molecule has 1 aliphatic heterocycles. The molecule has 1 heterocycles. The average molecular weight is 399 g/mol. The van der Waals surface area contributed by atoms with E-state index >= 15 is 0 Å². The van der Waals surface area contributed by atoms with E-state index < -0.39 is 0 Å². The van der Waals surface area contributed by atoms with Crippen LogP contribution in [0.15, 0.2) is 12.1 Å². The summed E-state index contributed by atoms with van der Waals surface area (Å²) in [5, 5.41) is 14.4. The number of rotatable bonds is 6. The zero-order valence-electron chi connectivity index (χ0n) is 18.0. The van der Waals surface area contributed by atoms with Gasteiger partial charge in [-0.25, -0.2) is 0 Å². The number of nitrogens with one attached hydrogen (secondary N) is 1. The number of aromatic hydroxyl groups is 1. The number of phenols is 1. The number of halogens is 1. The van der Waals surface area contributed by atoms with E-state index in [1.54, 1.807) is 0 Å². The van der Waals surface area contributed by atoms with Crippen LogP contribution in [0.25, 0.3) is 0 Å². The lowest BCUT2D eigenvalue weighted by Gasteiger charge is -2.28. The highest BCUT2D eigenvalue weighted by Crippen LogP contribution is 2.39. The highest BCUT2D eigenvalue weighted by atomic mass is 35.5. The molecule has 1 aromatic rings. The fourth-order valence-electron chi connectivity index (χ4n) is 3.42. The van der Waals surface area contributed by atoms with Gasteiger partial charge < -0.3 is 15.2 Å². The van der Waals surface area contributed by atoms with Crippen molar-refractivity contribution < 1.29 is 9.84 Å². The molecule has 0 aromatic heterocycles. The van der Waals surface area contributed by atoms with Crippen molar-refractivity contribution in [2.24, 2.45) is 0 Å². The number of hydrogen-bond acceptors (Lipinski definition) is 4. The Balaban J connectivity index is 0.00000364. The Hall–Kier alpha value is -0.810. The number of hydrogen-bond donors (Lipinski definition) is 2. The van der Waals surface area contributed by atoms with Crippen molar-refractivity contribution in [2.45, 2.75) is 65.3 Å². The summed E-state index contributed by atoms with van der Waals surface area (Å²) in [5.74, 6) is 0.459. The number of nitrogens with zero attached hydrogens (tertiary/aromatic N) is 1. The molecule has 0 spiro atoms. The minimum absolute atomic E-state index is 0. The molecule has 4 nitrogen and oxygen atoms in total. The first-order chi connectivity index (χ1) is 12.1. The maximum atomic E-state index is 10.8. The van der Waals surface area contributed by atoms with Gasteiger partial charge in [0.25, 0.3) is 0 Å². The quantitative estimate of drug-likeness (QED) is 0.704. The third-order valence-electron chi connectivity index (χ3n) is 5.05. The molecule has 1 saturated heterocycles. The van der Waals surface area contributed by atoms with Gasteiger partial charge >= 0.3 is 0 Å². The van der Waals surface area contributed by atoms with Crippen LogP contribution < -0.4 is 5.32 Å². The van der Waals surface area contributed by atoms with Crippen LogP contribution in [0.3, 0.4) is 0 Å². The molecule has 1 aliphatic rings. The monoisotopic (exact) mass is 398 g/mol. The molecule has 2 N–H and O–H groups in total. The highest BCUT2D eigenvalue weighted by molar-refractivity contribution is 5.85. The minimum atomic E-state index is -0.0730. The van der Waals surface area contributed by atoms with E-state index in [-0.39, 0.29) is 23.2 Å². The van der Waals surface area contributed by atoms with Crippen molar-refractivity contribution in [1.29, 1.82) is 0 Å². The number of benzene rings is 1. The van der Waals surface area contributed by atoms with E-state index in [4.69, 9.17) is 4.74 Å². The zero-order valence-corrected chi connectivity index (χ0v) is 18.8. The van der Waals surface area contributed by atoms with Gasteiger partial charge in [-0.1, -0.05) is 53.7 Å². The summed E-state index contributed by atoms with van der Waals surface area (Å²) in [6.45, 7) is 19.8. The molecule has 0 radical (unpaired) electrons. The van der Waals surface area contributed by atoms with Gasteiger partial charge in [0, 0.05) is 19.6 Å². The molecule has 0 amide bonds. The van der Waals surface area contributed by atoms with Crippen LogP contribution in [-0.2, 0) is 22.1 Å². The highest BCUT2D eigenvalue weighted by Gasteiger charge is 2.26. The molecule has 0 saturated carbocycles. The summed E-state index contributed by atoms with van der Waals surface area (Å²) in [6.07, 6.45) is 1.15. The first-order valence-electron chi connectivity index (χ1n) is 9.97. The second-order valence-electron chi connectivity index (χ2n) is 9.52. The molecule has 0 aliphatic carbocycles. The predicted octanol–water partition coefficient (Wildman–Crippen LogP) is 4.22. The molecular formula is C22H39ClN2O2. The van der Waals surface area contributed by atoms with Crippen molar-refractivity contribution in [3.05, 3.63) is 28.8 Å². The van der Waals surface area contributed by atoms with E-state index in [1.165, 1.54) is 5.56 Å². The van der Waals surface area contributed by atoms with Crippen LogP contribution in [0.2, 0.25) is 0 Å². The molecule has 0 atom stereocenters. The Morgan fingerprint density at radius 2 is 1.52 bits per heavy atom. The molecule has 0 unspecified atom stereocenters. The molecule has 5 heteroatoms. The Kier molecular flexibility index (Phi) is 9.07. The fourth-order valence-corrected chi connectivity index (χ4v) is 3.42. The van der Waals surface area contributed by atoms with Crippen molar-refractivity contribution >= 4 is 12.4 Å². The smallest absolute Gasteiger partial charge is 0.123 e. The van der Waals surface area contributed by atoms with E-state index in [1.807, 2.05) is 0 Å². The van der Waals surface area contributed by atoms with Crippen molar-refractivity contribution in [1.82, 2.24) is 10.2 Å². The van der Waals surface area contributed by atoms with Crippen molar-refractivity contribution in [3.8, 4) is 5.75 Å². The summed E-state index contributed by atoms with van der Waals surface area (Å²) >= 11 is 0. The van der Waals surface area contributed by atoms with Gasteiger partial charge in [-0.05, 0) is 47.0 Å². The standard InChI is InChI=1S/C22H38N2O2.ClH/c1-21(2,3)18-14-17(15-19(20(18)25)22(4,5)6)16-23-8-7-9-24-10-12-26-13-11-24;/h14-15,23,25H,7-13,16H2,1-6H3;1H. The molecule has 27 heavy (non-hydrogen) atoms. The van der Waals surface area contributed by atoms with Crippen LogP contribution in [0.4, 0.5) is 0 Å². The average Bonchev–Trinajstić information content (AvgIpc) is 2.54. The lowest BCUT2D eigenvalue weighted by molar-refractivity contribution is 0.0374. The van der Waals surface area contributed by atoms with E-state index in [0.29, 0.717) is 5.75 Å². The van der Waals surface area contributed by atoms with Crippen LogP contribution in [0.1, 0.15) is 64.7 Å². The van der Waals surface area contributed by atoms with Gasteiger partial charge in [-0.2, -0.15) is 0 Å². The minimum Gasteiger partial charge on any atom is -0.507 e. The van der Waals surface area contributed by atoms with Gasteiger partial charge in [-0.3, -0.25) is 4.90 Å². The summed E-state index contributed by atoms with van der Waals surface area (Å²) < 4.78 is 5.39. The first kappa shape index (κ1) is 24.2. The Labute approximate surface area is 172 Å². The van der Waals surface area contributed by atoms with Gasteiger partial charge in [0.2, 0.25) is 0 Å². The molecule has 1 fully saturated rings. The number of ether oxygens (including phenoxy) is 1. The molecule has 1 aromatic carbocycles. The van der Waals surface area contributed by atoms with Crippen LogP contribution in [-0.4, -0.2) is 49.4 Å². The normalized spacial score (nSPS) is 16.2. The summed E-state index contributed by atoms with van der Waals surface area (Å²) in [4.78, 5) is 2.47. The van der Waals surface area contributed by atoms with Crippen molar-refractivity contribution in [2.75, 3.05) is 39.4 Å². The fraction of sp³-hybridized carbons (Fsp3) is 0.727. The Morgan fingerprint density at radius 3 is 2.00 bits per heavy atom. The largest absolute Gasteiger partial charge is 0.507 e. The van der Waals surface area contributed by atoms with Gasteiger partial charge in [0.05, 0.1) is 13.2 Å². The van der Waals surface area contributed by atoms with E-state index in [2.05, 4.69) is 63.9 Å². The van der Waals surface area contributed by atoms with Crippen LogP contribution >= 0.6 is 12.4 Å². The maximum Gasteiger partial charge on any atom is 0.123 e. The third kappa shape index (κ3) is 7.26. The lowest BCUT2D eigenvalue weighted by atomic mass is 9.78. The van der Waals surface area contributed by atoms with E-state index in [9.17, 15) is 5.11 Å². The first-order valence-corrected chi connectivity index (χ1v) is 9.97. The molecule has 0 bridgehead atoms. The number of morpholine rings is 1. The van der Waals surface area contributed by atoms with Gasteiger partial charge in [0.15, 0.2) is 0 Å². The SMILES string of the molecule is CC(C)(C)c1cc(CNCCCN2CCOCC2)cc(C(C)(C)C)c1O.Cl. The Morgan fingerprint density at radius 1 is 1.00 bits per heavy atom.